The van der Waals surface area contributed by atoms with Gasteiger partial charge in [-0.3, -0.25) is 19.4 Å². The predicted octanol–water partition coefficient (Wildman–Crippen LogP) is 6.99. The lowest BCUT2D eigenvalue weighted by Crippen LogP contribution is -2.27. The Labute approximate surface area is 277 Å². The molecule has 5 rings (SSSR count). The number of aldehydes is 2. The minimum Gasteiger partial charge on any atom is -0.507 e. The topological polar surface area (TPSA) is 99.5 Å². The number of para-hydroxylation sites is 2. The number of nitrogens with zero attached hydrogens (tertiary/aromatic N) is 2. The first-order chi connectivity index (χ1) is 22.8. The van der Waals surface area contributed by atoms with Crippen molar-refractivity contribution in [2.45, 2.75) is 59.3 Å². The zero-order chi connectivity index (χ0) is 33.2. The van der Waals surface area contributed by atoms with Crippen LogP contribution in [0.3, 0.4) is 0 Å². The number of aryl methyl sites for hydroxylation is 2. The van der Waals surface area contributed by atoms with Gasteiger partial charge in [0.2, 0.25) is 0 Å². The molecule has 0 saturated carbocycles. The summed E-state index contributed by atoms with van der Waals surface area (Å²) < 4.78 is 12.5. The first kappa shape index (κ1) is 33.7. The molecule has 0 radical (unpaired) electrons. The van der Waals surface area contributed by atoms with E-state index < -0.39 is 0 Å². The third kappa shape index (κ3) is 8.99. The van der Waals surface area contributed by atoms with E-state index in [9.17, 15) is 19.8 Å². The van der Waals surface area contributed by atoms with Crippen molar-refractivity contribution in [3.05, 3.63) is 117 Å². The maximum absolute atomic E-state index is 11.7. The second kappa shape index (κ2) is 16.3. The van der Waals surface area contributed by atoms with Gasteiger partial charge in [0.05, 0.1) is 24.3 Å². The number of aromatic hydroxyl groups is 2. The Morgan fingerprint density at radius 1 is 0.638 bits per heavy atom. The SMILES string of the molecule is Cc1cc(C=O)c(O)c(CN2CCCCN(Cc3cc(C)cc(C=O)c3O)Cc3ccccc3OCCCOc3ccccc3C2)c1. The molecular formula is C39H44N2O6. The van der Waals surface area contributed by atoms with Gasteiger partial charge in [0.1, 0.15) is 23.0 Å². The van der Waals surface area contributed by atoms with Crippen molar-refractivity contribution in [1.82, 2.24) is 9.80 Å². The van der Waals surface area contributed by atoms with Crippen molar-refractivity contribution >= 4 is 12.6 Å². The monoisotopic (exact) mass is 636 g/mol. The smallest absolute Gasteiger partial charge is 0.153 e. The average molecular weight is 637 g/mol. The van der Waals surface area contributed by atoms with Gasteiger partial charge >= 0.3 is 0 Å². The van der Waals surface area contributed by atoms with Crippen LogP contribution < -0.4 is 9.47 Å². The molecule has 1 aliphatic rings. The van der Waals surface area contributed by atoms with Crippen LogP contribution >= 0.6 is 0 Å². The van der Waals surface area contributed by atoms with Crippen molar-refractivity contribution in [2.24, 2.45) is 0 Å². The van der Waals surface area contributed by atoms with Gasteiger partial charge in [0.15, 0.2) is 12.6 Å². The molecular weight excluding hydrogens is 592 g/mol. The van der Waals surface area contributed by atoms with Crippen LogP contribution in [0.1, 0.15) is 73.4 Å². The Hall–Kier alpha value is -4.66. The summed E-state index contributed by atoms with van der Waals surface area (Å²) in [5.74, 6) is 1.69. The van der Waals surface area contributed by atoms with Crippen LogP contribution in [0.15, 0.2) is 72.8 Å². The molecule has 246 valence electrons. The van der Waals surface area contributed by atoms with Crippen molar-refractivity contribution < 1.29 is 29.3 Å². The van der Waals surface area contributed by atoms with Gasteiger partial charge in [-0.1, -0.05) is 48.5 Å². The minimum atomic E-state index is 0.0241. The maximum atomic E-state index is 11.7. The highest BCUT2D eigenvalue weighted by molar-refractivity contribution is 5.81. The highest BCUT2D eigenvalue weighted by atomic mass is 16.5. The summed E-state index contributed by atoms with van der Waals surface area (Å²) in [5.41, 5.74) is 5.96. The lowest BCUT2D eigenvalue weighted by Gasteiger charge is -2.27. The lowest BCUT2D eigenvalue weighted by molar-refractivity contribution is 0.111. The molecule has 1 aliphatic heterocycles. The fourth-order valence-corrected chi connectivity index (χ4v) is 6.22. The van der Waals surface area contributed by atoms with Crippen molar-refractivity contribution in [3.8, 4) is 23.0 Å². The van der Waals surface area contributed by atoms with E-state index in [0.29, 0.717) is 80.6 Å². The first-order valence-corrected chi connectivity index (χ1v) is 16.3. The normalized spacial score (nSPS) is 15.4. The summed E-state index contributed by atoms with van der Waals surface area (Å²) in [6.45, 7) is 8.50. The first-order valence-electron chi connectivity index (χ1n) is 16.3. The molecule has 0 saturated heterocycles. The van der Waals surface area contributed by atoms with Crippen LogP contribution in [0, 0.1) is 13.8 Å². The molecule has 8 heteroatoms. The van der Waals surface area contributed by atoms with Crippen molar-refractivity contribution in [3.63, 3.8) is 0 Å². The Kier molecular flexibility index (Phi) is 11.7. The Bertz CT molecular complexity index is 1560. The fourth-order valence-electron chi connectivity index (χ4n) is 6.22. The van der Waals surface area contributed by atoms with E-state index in [2.05, 4.69) is 21.9 Å². The van der Waals surface area contributed by atoms with Crippen LogP contribution in [0.5, 0.6) is 23.0 Å². The maximum Gasteiger partial charge on any atom is 0.153 e. The largest absolute Gasteiger partial charge is 0.507 e. The average Bonchev–Trinajstić information content (AvgIpc) is 3.06. The van der Waals surface area contributed by atoms with Crippen LogP contribution in [-0.4, -0.2) is 58.9 Å². The third-order valence-corrected chi connectivity index (χ3v) is 8.50. The molecule has 47 heavy (non-hydrogen) atoms. The summed E-state index contributed by atoms with van der Waals surface area (Å²) in [5, 5.41) is 21.8. The highest BCUT2D eigenvalue weighted by Crippen LogP contribution is 2.29. The van der Waals surface area contributed by atoms with Gasteiger partial charge in [-0.2, -0.15) is 0 Å². The number of carbonyl (C=O) groups is 2. The number of rotatable bonds is 6. The minimum absolute atomic E-state index is 0.0241. The molecule has 4 aromatic carbocycles. The molecule has 0 spiro atoms. The number of phenolic OH excluding ortho intramolecular Hbond substituents is 2. The lowest BCUT2D eigenvalue weighted by atomic mass is 10.0. The van der Waals surface area contributed by atoms with E-state index >= 15 is 0 Å². The van der Waals surface area contributed by atoms with E-state index in [1.165, 1.54) is 0 Å². The molecule has 0 bridgehead atoms. The second-order valence-corrected chi connectivity index (χ2v) is 12.4. The second-order valence-electron chi connectivity index (χ2n) is 12.4. The molecule has 0 fully saturated rings. The van der Waals surface area contributed by atoms with E-state index in [4.69, 9.17) is 9.47 Å². The van der Waals surface area contributed by atoms with E-state index in [-0.39, 0.29) is 11.5 Å². The van der Waals surface area contributed by atoms with Gasteiger partial charge in [-0.15, -0.1) is 0 Å². The van der Waals surface area contributed by atoms with E-state index in [1.807, 2.05) is 62.4 Å². The zero-order valence-corrected chi connectivity index (χ0v) is 27.3. The summed E-state index contributed by atoms with van der Waals surface area (Å²) >= 11 is 0. The molecule has 0 amide bonds. The summed E-state index contributed by atoms with van der Waals surface area (Å²) in [6.07, 6.45) is 3.83. The number of hydrogen-bond donors (Lipinski definition) is 2. The quantitative estimate of drug-likeness (QED) is 0.219. The summed E-state index contributed by atoms with van der Waals surface area (Å²) in [7, 11) is 0. The number of benzene rings is 4. The van der Waals surface area contributed by atoms with Gasteiger partial charge in [0.25, 0.3) is 0 Å². The van der Waals surface area contributed by atoms with Crippen molar-refractivity contribution in [1.29, 1.82) is 0 Å². The summed E-state index contributed by atoms with van der Waals surface area (Å²) in [6, 6.07) is 23.3. The molecule has 2 N–H and O–H groups in total. The van der Waals surface area contributed by atoms with Gasteiger partial charge < -0.3 is 19.7 Å². The number of carbonyl (C=O) groups excluding carboxylic acids is 2. The molecule has 0 aliphatic carbocycles. The van der Waals surface area contributed by atoms with E-state index in [1.54, 1.807) is 12.1 Å². The molecule has 8 nitrogen and oxygen atoms in total. The Morgan fingerprint density at radius 3 is 1.49 bits per heavy atom. The predicted molar refractivity (Wildman–Crippen MR) is 182 cm³/mol. The van der Waals surface area contributed by atoms with Crippen LogP contribution in [0.25, 0.3) is 0 Å². The number of phenols is 2. The molecule has 4 aromatic rings. The molecule has 0 unspecified atom stereocenters. The van der Waals surface area contributed by atoms with Gasteiger partial charge in [-0.05, 0) is 75.2 Å². The number of fused-ring (bicyclic) bond motifs is 2. The van der Waals surface area contributed by atoms with Crippen LogP contribution in [0.4, 0.5) is 0 Å². The zero-order valence-electron chi connectivity index (χ0n) is 27.3. The van der Waals surface area contributed by atoms with Gasteiger partial charge in [-0.25, -0.2) is 0 Å². The fraction of sp³-hybridized carbons (Fsp3) is 0.333. The third-order valence-electron chi connectivity index (χ3n) is 8.50. The van der Waals surface area contributed by atoms with E-state index in [0.717, 1.165) is 59.7 Å². The Morgan fingerprint density at radius 2 is 1.06 bits per heavy atom. The van der Waals surface area contributed by atoms with Crippen LogP contribution in [-0.2, 0) is 26.2 Å². The molecule has 1 heterocycles. The van der Waals surface area contributed by atoms with Crippen molar-refractivity contribution in [2.75, 3.05) is 26.3 Å². The molecule has 0 aromatic heterocycles. The van der Waals surface area contributed by atoms with Gasteiger partial charge in [0, 0.05) is 54.9 Å². The Balaban J connectivity index is 1.43. The highest BCUT2D eigenvalue weighted by Gasteiger charge is 2.18. The number of ether oxygens (including phenoxy) is 2. The van der Waals surface area contributed by atoms with Crippen LogP contribution in [0.2, 0.25) is 0 Å². The number of hydrogen-bond acceptors (Lipinski definition) is 8. The summed E-state index contributed by atoms with van der Waals surface area (Å²) in [4.78, 5) is 27.9. The standard InChI is InChI=1S/C39H44N2O6/c1-28-18-32(38(44)34(20-28)26-42)24-40-14-7-8-15-41(25-33-19-29(2)21-35(27-43)39(33)45)23-31-11-4-6-13-37(31)47-17-9-16-46-36-12-5-3-10-30(36)22-40/h3-6,10-13,18-21,26-27,44-45H,7-9,14-17,22-25H2,1-2H3. The molecule has 0 atom stereocenters.